The van der Waals surface area contributed by atoms with Crippen molar-refractivity contribution in [3.63, 3.8) is 0 Å². The first-order valence-electron chi connectivity index (χ1n) is 6.51. The Hall–Kier alpha value is -1.86. The van der Waals surface area contributed by atoms with Gasteiger partial charge in [0, 0.05) is 35.9 Å². The van der Waals surface area contributed by atoms with Crippen molar-refractivity contribution in [2.45, 2.75) is 13.2 Å². The first kappa shape index (κ1) is 14.1. The van der Waals surface area contributed by atoms with Gasteiger partial charge < -0.3 is 15.3 Å². The molecule has 3 rings (SSSR count). The zero-order valence-electron chi connectivity index (χ0n) is 12.0. The first-order valence-corrected chi connectivity index (χ1v) is 7.30. The highest BCUT2D eigenvalue weighted by Gasteiger charge is 2.19. The van der Waals surface area contributed by atoms with Crippen LogP contribution in [-0.4, -0.2) is 38.0 Å². The molecule has 2 aromatic rings. The lowest BCUT2D eigenvalue weighted by molar-refractivity contribution is 0.0868. The summed E-state index contributed by atoms with van der Waals surface area (Å²) >= 11 is 3.42. The molecule has 1 aliphatic rings. The van der Waals surface area contributed by atoms with E-state index in [1.54, 1.807) is 11.1 Å². The molecule has 1 unspecified atom stereocenters. The van der Waals surface area contributed by atoms with Gasteiger partial charge in [-0.2, -0.15) is 5.10 Å². The minimum Gasteiger partial charge on any atom is -0.368 e. The molecule has 0 aromatic carbocycles. The molecule has 1 aliphatic heterocycles. The fourth-order valence-electron chi connectivity index (χ4n) is 2.29. The van der Waals surface area contributed by atoms with Gasteiger partial charge in [0.1, 0.15) is 11.3 Å². The fraction of sp³-hybridized carbons (Fsp3) is 0.286. The smallest absolute Gasteiger partial charge is 0.167 e. The van der Waals surface area contributed by atoms with Gasteiger partial charge in [0.2, 0.25) is 0 Å². The molecule has 1 atom stereocenters. The van der Waals surface area contributed by atoms with Gasteiger partial charge in [0.25, 0.3) is 0 Å². The highest BCUT2D eigenvalue weighted by Crippen LogP contribution is 2.24. The van der Waals surface area contributed by atoms with Gasteiger partial charge >= 0.3 is 0 Å². The summed E-state index contributed by atoms with van der Waals surface area (Å²) in [5.74, 6) is 0.680. The molecule has 0 saturated heterocycles. The van der Waals surface area contributed by atoms with E-state index in [0.717, 1.165) is 21.1 Å². The second kappa shape index (κ2) is 5.16. The predicted molar refractivity (Wildman–Crippen MR) is 85.7 cm³/mol. The monoisotopic (exact) mass is 349 g/mol. The molecule has 6 nitrogen and oxygen atoms in total. The number of nitrogens with zero attached hydrogens (tertiary/aromatic N) is 4. The molecule has 0 radical (unpaired) electrons. The number of halogens is 1. The maximum atomic E-state index is 10.2. The van der Waals surface area contributed by atoms with Gasteiger partial charge in [0.05, 0.1) is 11.9 Å². The number of rotatable bonds is 2. The molecule has 2 N–H and O–H groups in total. The van der Waals surface area contributed by atoms with Crippen LogP contribution in [-0.2, 0) is 7.05 Å². The van der Waals surface area contributed by atoms with Crippen LogP contribution in [0, 0.1) is 6.92 Å². The average Bonchev–Trinajstić information content (AvgIpc) is 2.71. The number of hydrogen-bond donors (Lipinski definition) is 2. The van der Waals surface area contributed by atoms with E-state index in [9.17, 15) is 5.11 Å². The molecule has 7 heteroatoms. The van der Waals surface area contributed by atoms with Gasteiger partial charge in [-0.25, -0.2) is 4.98 Å². The number of pyridine rings is 1. The molecule has 0 amide bonds. The molecule has 0 fully saturated rings. The molecule has 21 heavy (non-hydrogen) atoms. The number of aromatic nitrogens is 3. The number of allylic oxidation sites excluding steroid dienone is 2. The summed E-state index contributed by atoms with van der Waals surface area (Å²) in [5.41, 5.74) is 2.60. The molecule has 0 spiro atoms. The van der Waals surface area contributed by atoms with Crippen LogP contribution in [0.5, 0.6) is 0 Å². The summed E-state index contributed by atoms with van der Waals surface area (Å²) in [6.07, 6.45) is 4.66. The zero-order chi connectivity index (χ0) is 15.1. The maximum absolute atomic E-state index is 10.2. The van der Waals surface area contributed by atoms with Crippen molar-refractivity contribution in [2.24, 2.45) is 7.05 Å². The third-order valence-corrected chi connectivity index (χ3v) is 4.01. The van der Waals surface area contributed by atoms with Crippen molar-refractivity contribution >= 4 is 32.7 Å². The third kappa shape index (κ3) is 2.54. The molecule has 3 heterocycles. The highest BCUT2D eigenvalue weighted by molar-refractivity contribution is 9.11. The Labute approximate surface area is 130 Å². The largest absolute Gasteiger partial charge is 0.368 e. The van der Waals surface area contributed by atoms with E-state index in [1.807, 2.05) is 44.0 Å². The number of nitrogens with one attached hydrogen (secondary N) is 1. The summed E-state index contributed by atoms with van der Waals surface area (Å²) in [4.78, 5) is 6.06. The maximum Gasteiger partial charge on any atom is 0.167 e. The van der Waals surface area contributed by atoms with Crippen molar-refractivity contribution in [3.8, 4) is 0 Å². The van der Waals surface area contributed by atoms with E-state index < -0.39 is 6.23 Å². The minimum absolute atomic E-state index is 0.667. The van der Waals surface area contributed by atoms with E-state index in [2.05, 4.69) is 31.3 Å². The Kier molecular flexibility index (Phi) is 3.46. The Morgan fingerprint density at radius 1 is 1.38 bits per heavy atom. The Morgan fingerprint density at radius 2 is 2.14 bits per heavy atom. The lowest BCUT2D eigenvalue weighted by Gasteiger charge is -2.28. The first-order chi connectivity index (χ1) is 9.95. The van der Waals surface area contributed by atoms with Crippen molar-refractivity contribution in [3.05, 3.63) is 40.4 Å². The zero-order valence-corrected chi connectivity index (χ0v) is 13.6. The highest BCUT2D eigenvalue weighted by atomic mass is 79.9. The summed E-state index contributed by atoms with van der Waals surface area (Å²) in [6, 6.07) is 1.94. The van der Waals surface area contributed by atoms with Crippen LogP contribution < -0.4 is 5.32 Å². The summed E-state index contributed by atoms with van der Waals surface area (Å²) in [5, 5.41) is 18.8. The summed E-state index contributed by atoms with van der Waals surface area (Å²) < 4.78 is 2.72. The Morgan fingerprint density at radius 3 is 2.90 bits per heavy atom. The average molecular weight is 350 g/mol. The molecule has 2 aromatic heterocycles. The number of aryl methyl sites for hydroxylation is 2. The number of anilines is 1. The van der Waals surface area contributed by atoms with Gasteiger partial charge in [-0.1, -0.05) is 0 Å². The van der Waals surface area contributed by atoms with Crippen LogP contribution in [0.1, 0.15) is 5.69 Å². The molecule has 0 bridgehead atoms. The lowest BCUT2D eigenvalue weighted by Crippen LogP contribution is -2.34. The predicted octanol–water partition coefficient (Wildman–Crippen LogP) is 2.07. The van der Waals surface area contributed by atoms with Crippen LogP contribution in [0.4, 0.5) is 5.82 Å². The lowest BCUT2D eigenvalue weighted by atomic mass is 10.2. The minimum atomic E-state index is -0.723. The molecular formula is C14H16BrN5O. The van der Waals surface area contributed by atoms with E-state index >= 15 is 0 Å². The van der Waals surface area contributed by atoms with E-state index in [0.29, 0.717) is 11.5 Å². The fourth-order valence-corrected chi connectivity index (χ4v) is 2.86. The second-order valence-corrected chi connectivity index (χ2v) is 5.99. The third-order valence-electron chi connectivity index (χ3n) is 3.57. The quantitative estimate of drug-likeness (QED) is 0.868. The standard InChI is InChI=1S/C14H16BrN5O/c1-8-10-5-13(16-6-12(10)18-20(8)3)17-11-4-9(15)7-19(2)14(11)21/h4-7,14,17,21H,1-3H3. The molecule has 0 saturated carbocycles. The van der Waals surface area contributed by atoms with E-state index in [-0.39, 0.29) is 0 Å². The van der Waals surface area contributed by atoms with Crippen LogP contribution in [0.15, 0.2) is 34.7 Å². The van der Waals surface area contributed by atoms with Crippen LogP contribution >= 0.6 is 15.9 Å². The number of likely N-dealkylation sites (N-methyl/N-ethyl adjacent to an activating group) is 1. The number of fused-ring (bicyclic) bond motifs is 1. The summed E-state index contributed by atoms with van der Waals surface area (Å²) in [7, 11) is 3.72. The number of aliphatic hydroxyl groups excluding tert-OH is 1. The number of hydrogen-bond acceptors (Lipinski definition) is 5. The van der Waals surface area contributed by atoms with Crippen molar-refractivity contribution in [1.82, 2.24) is 19.7 Å². The second-order valence-electron chi connectivity index (χ2n) is 5.07. The van der Waals surface area contributed by atoms with Crippen molar-refractivity contribution in [1.29, 1.82) is 0 Å². The Balaban J connectivity index is 1.95. The van der Waals surface area contributed by atoms with Gasteiger partial charge in [0.15, 0.2) is 6.23 Å². The van der Waals surface area contributed by atoms with Crippen LogP contribution in [0.3, 0.4) is 0 Å². The van der Waals surface area contributed by atoms with Gasteiger partial charge in [-0.3, -0.25) is 4.68 Å². The normalized spacial score (nSPS) is 18.7. The van der Waals surface area contributed by atoms with Crippen molar-refractivity contribution in [2.75, 3.05) is 12.4 Å². The van der Waals surface area contributed by atoms with Gasteiger partial charge in [-0.15, -0.1) is 0 Å². The van der Waals surface area contributed by atoms with Crippen LogP contribution in [0.2, 0.25) is 0 Å². The summed E-state index contributed by atoms with van der Waals surface area (Å²) in [6.45, 7) is 2.01. The number of aliphatic hydroxyl groups is 1. The molecular weight excluding hydrogens is 334 g/mol. The topological polar surface area (TPSA) is 66.2 Å². The molecule has 0 aliphatic carbocycles. The SMILES string of the molecule is Cc1c2cc(NC3=CC(Br)=CN(C)C3O)ncc2nn1C. The Bertz CT molecular complexity index is 764. The van der Waals surface area contributed by atoms with Gasteiger partial charge in [-0.05, 0) is 35.0 Å². The van der Waals surface area contributed by atoms with E-state index in [4.69, 9.17) is 0 Å². The van der Waals surface area contributed by atoms with E-state index in [1.165, 1.54) is 0 Å². The van der Waals surface area contributed by atoms with Crippen molar-refractivity contribution < 1.29 is 5.11 Å². The van der Waals surface area contributed by atoms with Crippen LogP contribution in [0.25, 0.3) is 10.9 Å². The molecule has 110 valence electrons.